The van der Waals surface area contributed by atoms with Crippen LogP contribution < -0.4 is 0 Å². The van der Waals surface area contributed by atoms with E-state index in [0.717, 1.165) is 23.2 Å². The molecule has 2 aliphatic heterocycles. The summed E-state index contributed by atoms with van der Waals surface area (Å²) in [7, 11) is 0. The normalized spacial score (nSPS) is 24.7. The summed E-state index contributed by atoms with van der Waals surface area (Å²) in [5.41, 5.74) is 2.83. The summed E-state index contributed by atoms with van der Waals surface area (Å²) in [6, 6.07) is 11.7. The predicted octanol–water partition coefficient (Wildman–Crippen LogP) is 2.70. The van der Waals surface area contributed by atoms with Crippen LogP contribution >= 0.6 is 0 Å². The smallest absolute Gasteiger partial charge is 0.253 e. The molecule has 0 unspecified atom stereocenters. The summed E-state index contributed by atoms with van der Waals surface area (Å²) in [6.07, 6.45) is 3.58. The van der Waals surface area contributed by atoms with Gasteiger partial charge in [-0.2, -0.15) is 0 Å². The number of pyridine rings is 1. The summed E-state index contributed by atoms with van der Waals surface area (Å²) in [6.45, 7) is 5.94. The lowest BCUT2D eigenvalue weighted by Crippen LogP contribution is -2.37. The second-order valence-electron chi connectivity index (χ2n) is 7.48. The van der Waals surface area contributed by atoms with Crippen molar-refractivity contribution < 1.29 is 14.3 Å². The predicted molar refractivity (Wildman–Crippen MR) is 97.7 cm³/mol. The van der Waals surface area contributed by atoms with Crippen LogP contribution in [-0.4, -0.2) is 48.7 Å². The van der Waals surface area contributed by atoms with Crippen molar-refractivity contribution in [2.75, 3.05) is 32.9 Å². The number of hydrogen-bond acceptors (Lipinski definition) is 4. The van der Waals surface area contributed by atoms with Crippen molar-refractivity contribution in [2.45, 2.75) is 13.5 Å². The molecule has 26 heavy (non-hydrogen) atoms. The first kappa shape index (κ1) is 17.2. The molecule has 0 N–H and O–H groups in total. The number of likely N-dealkylation sites (tertiary alicyclic amines) is 1. The third kappa shape index (κ3) is 3.37. The van der Waals surface area contributed by atoms with Gasteiger partial charge in [0.15, 0.2) is 0 Å². The second-order valence-corrected chi connectivity index (χ2v) is 7.48. The summed E-state index contributed by atoms with van der Waals surface area (Å²) in [5, 5.41) is 0. The highest BCUT2D eigenvalue weighted by atomic mass is 16.5. The third-order valence-corrected chi connectivity index (χ3v) is 5.45. The highest BCUT2D eigenvalue weighted by Crippen LogP contribution is 2.42. The molecule has 2 atom stereocenters. The van der Waals surface area contributed by atoms with E-state index in [1.807, 2.05) is 54.4 Å². The first-order valence-electron chi connectivity index (χ1n) is 9.07. The van der Waals surface area contributed by atoms with Crippen LogP contribution in [0.25, 0.3) is 0 Å². The monoisotopic (exact) mass is 352 g/mol. The zero-order chi connectivity index (χ0) is 18.0. The van der Waals surface area contributed by atoms with Crippen LogP contribution in [0.3, 0.4) is 0 Å². The van der Waals surface area contributed by atoms with Gasteiger partial charge in [-0.25, -0.2) is 0 Å². The summed E-state index contributed by atoms with van der Waals surface area (Å²) >= 11 is 0. The molecular formula is C21H24N2O3. The van der Waals surface area contributed by atoms with Crippen molar-refractivity contribution >= 4 is 5.91 Å². The third-order valence-electron chi connectivity index (χ3n) is 5.45. The van der Waals surface area contributed by atoms with Gasteiger partial charge >= 0.3 is 0 Å². The zero-order valence-electron chi connectivity index (χ0n) is 15.1. The number of amides is 1. The van der Waals surface area contributed by atoms with Crippen molar-refractivity contribution in [3.05, 3.63) is 65.5 Å². The number of carbonyl (C=O) groups excluding carboxylic acids is 1. The average molecular weight is 352 g/mol. The van der Waals surface area contributed by atoms with Crippen LogP contribution in [0.5, 0.6) is 0 Å². The van der Waals surface area contributed by atoms with Gasteiger partial charge in [0.2, 0.25) is 0 Å². The minimum absolute atomic E-state index is 0.0955. The Bertz CT molecular complexity index is 780. The lowest BCUT2D eigenvalue weighted by molar-refractivity contribution is 0.0185. The maximum Gasteiger partial charge on any atom is 0.253 e. The molecule has 2 aliphatic rings. The summed E-state index contributed by atoms with van der Waals surface area (Å²) < 4.78 is 11.7. The van der Waals surface area contributed by atoms with Crippen LogP contribution in [0, 0.1) is 18.3 Å². The van der Waals surface area contributed by atoms with E-state index in [9.17, 15) is 4.79 Å². The van der Waals surface area contributed by atoms with Gasteiger partial charge in [0.05, 0.1) is 26.4 Å². The van der Waals surface area contributed by atoms with E-state index < -0.39 is 0 Å². The molecule has 1 aromatic heterocycles. The molecule has 3 heterocycles. The molecule has 1 amide bonds. The van der Waals surface area contributed by atoms with Crippen LogP contribution in [0.15, 0.2) is 48.8 Å². The molecule has 0 radical (unpaired) electrons. The highest BCUT2D eigenvalue weighted by molar-refractivity contribution is 5.94. The minimum atomic E-state index is -0.0955. The summed E-state index contributed by atoms with van der Waals surface area (Å²) in [4.78, 5) is 19.0. The Morgan fingerprint density at radius 2 is 2.31 bits per heavy atom. The first-order chi connectivity index (χ1) is 12.7. The largest absolute Gasteiger partial charge is 0.380 e. The fourth-order valence-corrected chi connectivity index (χ4v) is 4.01. The number of carbonyl (C=O) groups is 1. The van der Waals surface area contributed by atoms with Crippen molar-refractivity contribution in [1.82, 2.24) is 9.88 Å². The van der Waals surface area contributed by atoms with Crippen LogP contribution in [0.2, 0.25) is 0 Å². The Hall–Kier alpha value is -2.24. The molecule has 136 valence electrons. The number of rotatable bonds is 5. The lowest BCUT2D eigenvalue weighted by atomic mass is 9.82. The van der Waals surface area contributed by atoms with E-state index >= 15 is 0 Å². The standard InChI is InChI=1S/C21H24N2O3/c1-16-4-2-6-18(8-16)20(24)23-10-19-12-26-15-21(19,13-23)14-25-11-17-5-3-7-22-9-17/h2-9,19H,10-15H2,1H3/t19-,21-/m1/s1. The van der Waals surface area contributed by atoms with E-state index in [1.54, 1.807) is 6.20 Å². The molecular weight excluding hydrogens is 328 g/mol. The molecule has 0 spiro atoms. The Kier molecular flexibility index (Phi) is 4.74. The second kappa shape index (κ2) is 7.17. The lowest BCUT2D eigenvalue weighted by Gasteiger charge is -2.27. The maximum absolute atomic E-state index is 12.9. The molecule has 2 saturated heterocycles. The van der Waals surface area contributed by atoms with Gasteiger partial charge in [0, 0.05) is 42.4 Å². The van der Waals surface area contributed by atoms with Crippen molar-refractivity contribution in [3.63, 3.8) is 0 Å². The first-order valence-corrected chi connectivity index (χ1v) is 9.07. The zero-order valence-corrected chi connectivity index (χ0v) is 15.1. The Morgan fingerprint density at radius 3 is 3.12 bits per heavy atom. The molecule has 0 aliphatic carbocycles. The van der Waals surface area contributed by atoms with Gasteiger partial charge in [-0.05, 0) is 30.7 Å². The fraction of sp³-hybridized carbons (Fsp3) is 0.429. The quantitative estimate of drug-likeness (QED) is 0.830. The average Bonchev–Trinajstić information content (AvgIpc) is 3.19. The van der Waals surface area contributed by atoms with E-state index in [-0.39, 0.29) is 11.3 Å². The summed E-state index contributed by atoms with van der Waals surface area (Å²) in [5.74, 6) is 0.444. The van der Waals surface area contributed by atoms with E-state index in [4.69, 9.17) is 9.47 Å². The molecule has 4 rings (SSSR count). The molecule has 5 heteroatoms. The van der Waals surface area contributed by atoms with Gasteiger partial charge in [0.25, 0.3) is 5.91 Å². The van der Waals surface area contributed by atoms with E-state index in [2.05, 4.69) is 4.98 Å². The van der Waals surface area contributed by atoms with Crippen molar-refractivity contribution in [1.29, 1.82) is 0 Å². The van der Waals surface area contributed by atoms with Gasteiger partial charge in [0.1, 0.15) is 0 Å². The molecule has 1 aromatic carbocycles. The van der Waals surface area contributed by atoms with Crippen LogP contribution in [0.1, 0.15) is 21.5 Å². The van der Waals surface area contributed by atoms with Crippen molar-refractivity contribution in [2.24, 2.45) is 11.3 Å². The van der Waals surface area contributed by atoms with Crippen LogP contribution in [-0.2, 0) is 16.1 Å². The van der Waals surface area contributed by atoms with Crippen molar-refractivity contribution in [3.8, 4) is 0 Å². The molecule has 5 nitrogen and oxygen atoms in total. The van der Waals surface area contributed by atoms with Gasteiger partial charge < -0.3 is 14.4 Å². The molecule has 0 saturated carbocycles. The highest BCUT2D eigenvalue weighted by Gasteiger charge is 2.52. The number of aryl methyl sites for hydroxylation is 1. The van der Waals surface area contributed by atoms with E-state index in [0.29, 0.717) is 38.9 Å². The fourth-order valence-electron chi connectivity index (χ4n) is 4.01. The molecule has 2 aromatic rings. The molecule has 2 fully saturated rings. The Balaban J connectivity index is 1.42. The SMILES string of the molecule is Cc1cccc(C(=O)N2C[C@@H]3COC[C@]3(COCc3cccnc3)C2)c1. The van der Waals surface area contributed by atoms with E-state index in [1.165, 1.54) is 0 Å². The molecule has 0 bridgehead atoms. The number of nitrogens with zero attached hydrogens (tertiary/aromatic N) is 2. The van der Waals surface area contributed by atoms with Gasteiger partial charge in [-0.1, -0.05) is 23.8 Å². The Morgan fingerprint density at radius 1 is 1.38 bits per heavy atom. The Labute approximate surface area is 153 Å². The number of ether oxygens (including phenoxy) is 2. The maximum atomic E-state index is 12.9. The van der Waals surface area contributed by atoms with Gasteiger partial charge in [-0.3, -0.25) is 9.78 Å². The van der Waals surface area contributed by atoms with Crippen LogP contribution in [0.4, 0.5) is 0 Å². The topological polar surface area (TPSA) is 51.7 Å². The van der Waals surface area contributed by atoms with Gasteiger partial charge in [-0.15, -0.1) is 0 Å². The number of aromatic nitrogens is 1. The number of fused-ring (bicyclic) bond motifs is 1. The minimum Gasteiger partial charge on any atom is -0.380 e. The number of benzene rings is 1. The number of hydrogen-bond donors (Lipinski definition) is 0.